The molecule has 0 unspecified atom stereocenters. The monoisotopic (exact) mass is 279 g/mol. The molecule has 1 fully saturated rings. The number of carbonyl (C=O) groups excluding carboxylic acids is 1. The second kappa shape index (κ2) is 5.04. The highest BCUT2D eigenvalue weighted by Gasteiger charge is 2.33. The summed E-state index contributed by atoms with van der Waals surface area (Å²) in [6, 6.07) is 1.18. The molecule has 0 radical (unpaired) electrons. The fraction of sp³-hybridized carbons (Fsp3) is 0.500. The number of hydrogen-bond acceptors (Lipinski definition) is 6. The number of rotatable bonds is 3. The van der Waals surface area contributed by atoms with Crippen molar-refractivity contribution in [3.8, 4) is 0 Å². The molecule has 108 valence electrons. The zero-order chi connectivity index (χ0) is 14.9. The van der Waals surface area contributed by atoms with Gasteiger partial charge in [0.1, 0.15) is 12.0 Å². The SMILES string of the molecule is CC1(C)CNCCN1c1ncc([N+](=O)[O-])cc1C(N)=O. The van der Waals surface area contributed by atoms with Gasteiger partial charge in [0.15, 0.2) is 0 Å². The fourth-order valence-corrected chi connectivity index (χ4v) is 2.32. The molecule has 1 saturated heterocycles. The van der Waals surface area contributed by atoms with Crippen molar-refractivity contribution in [3.63, 3.8) is 0 Å². The number of nitro groups is 1. The molecule has 3 N–H and O–H groups in total. The van der Waals surface area contributed by atoms with Crippen LogP contribution in [0.5, 0.6) is 0 Å². The van der Waals surface area contributed by atoms with Crippen molar-refractivity contribution in [3.05, 3.63) is 27.9 Å². The number of pyridine rings is 1. The van der Waals surface area contributed by atoms with Crippen LogP contribution in [0.2, 0.25) is 0 Å². The quantitative estimate of drug-likeness (QED) is 0.606. The molecule has 0 aliphatic carbocycles. The van der Waals surface area contributed by atoms with Gasteiger partial charge < -0.3 is 16.0 Å². The maximum atomic E-state index is 11.6. The summed E-state index contributed by atoms with van der Waals surface area (Å²) in [5.74, 6) is -0.319. The first-order chi connectivity index (χ1) is 9.33. The summed E-state index contributed by atoms with van der Waals surface area (Å²) in [7, 11) is 0. The van der Waals surface area contributed by atoms with Crippen LogP contribution >= 0.6 is 0 Å². The molecule has 0 aromatic carbocycles. The number of aromatic nitrogens is 1. The van der Waals surface area contributed by atoms with Gasteiger partial charge >= 0.3 is 0 Å². The van der Waals surface area contributed by atoms with Crippen molar-refractivity contribution in [2.45, 2.75) is 19.4 Å². The van der Waals surface area contributed by atoms with Gasteiger partial charge in [-0.05, 0) is 13.8 Å². The van der Waals surface area contributed by atoms with E-state index in [1.807, 2.05) is 18.7 Å². The van der Waals surface area contributed by atoms with Gasteiger partial charge in [0.2, 0.25) is 0 Å². The Balaban J connectivity index is 2.50. The number of nitrogens with one attached hydrogen (secondary N) is 1. The molecule has 8 nitrogen and oxygen atoms in total. The Morgan fingerprint density at radius 1 is 1.60 bits per heavy atom. The predicted octanol–water partition coefficient (Wildman–Crippen LogP) is 0.277. The maximum absolute atomic E-state index is 11.6. The lowest BCUT2D eigenvalue weighted by atomic mass is 9.99. The average Bonchev–Trinajstić information content (AvgIpc) is 2.37. The number of hydrogen-bond donors (Lipinski definition) is 2. The third-order valence-electron chi connectivity index (χ3n) is 3.38. The van der Waals surface area contributed by atoms with Crippen LogP contribution in [0, 0.1) is 10.1 Å². The number of piperazine rings is 1. The lowest BCUT2D eigenvalue weighted by Gasteiger charge is -2.44. The Labute approximate surface area is 116 Å². The first kappa shape index (κ1) is 14.2. The molecule has 0 atom stereocenters. The number of carbonyl (C=O) groups is 1. The molecule has 0 bridgehead atoms. The highest BCUT2D eigenvalue weighted by atomic mass is 16.6. The van der Waals surface area contributed by atoms with Crippen LogP contribution in [0.15, 0.2) is 12.3 Å². The van der Waals surface area contributed by atoms with E-state index in [2.05, 4.69) is 10.3 Å². The second-order valence-electron chi connectivity index (χ2n) is 5.33. The van der Waals surface area contributed by atoms with E-state index in [1.165, 1.54) is 6.07 Å². The van der Waals surface area contributed by atoms with Gasteiger partial charge in [-0.1, -0.05) is 0 Å². The Morgan fingerprint density at radius 2 is 2.30 bits per heavy atom. The van der Waals surface area contributed by atoms with E-state index in [9.17, 15) is 14.9 Å². The summed E-state index contributed by atoms with van der Waals surface area (Å²) in [6.07, 6.45) is 1.15. The molecular weight excluding hydrogens is 262 g/mol. The number of nitrogens with two attached hydrogens (primary N) is 1. The van der Waals surface area contributed by atoms with Crippen LogP contribution in [-0.4, -0.2) is 41.0 Å². The number of anilines is 1. The Hall–Kier alpha value is -2.22. The zero-order valence-corrected chi connectivity index (χ0v) is 11.4. The number of amides is 1. The summed E-state index contributed by atoms with van der Waals surface area (Å²) < 4.78 is 0. The minimum absolute atomic E-state index is 0.0779. The van der Waals surface area contributed by atoms with Crippen molar-refractivity contribution < 1.29 is 9.72 Å². The molecule has 1 aliphatic heterocycles. The molecular formula is C12H17N5O3. The molecule has 1 aromatic heterocycles. The minimum Gasteiger partial charge on any atom is -0.365 e. The van der Waals surface area contributed by atoms with Crippen LogP contribution in [-0.2, 0) is 0 Å². The third-order valence-corrected chi connectivity index (χ3v) is 3.38. The van der Waals surface area contributed by atoms with Gasteiger partial charge in [0.25, 0.3) is 11.6 Å². The molecule has 8 heteroatoms. The van der Waals surface area contributed by atoms with E-state index in [1.54, 1.807) is 0 Å². The molecule has 1 amide bonds. The van der Waals surface area contributed by atoms with E-state index in [0.717, 1.165) is 19.3 Å². The van der Waals surface area contributed by atoms with Gasteiger partial charge in [-0.3, -0.25) is 14.9 Å². The fourth-order valence-electron chi connectivity index (χ4n) is 2.32. The topological polar surface area (TPSA) is 114 Å². The van der Waals surface area contributed by atoms with E-state index >= 15 is 0 Å². The normalized spacial score (nSPS) is 17.8. The Morgan fingerprint density at radius 3 is 2.85 bits per heavy atom. The Kier molecular flexibility index (Phi) is 3.58. The van der Waals surface area contributed by atoms with Crippen LogP contribution in [0.25, 0.3) is 0 Å². The van der Waals surface area contributed by atoms with Crippen LogP contribution in [0.1, 0.15) is 24.2 Å². The first-order valence-corrected chi connectivity index (χ1v) is 6.25. The van der Waals surface area contributed by atoms with Crippen molar-refractivity contribution >= 4 is 17.4 Å². The molecule has 2 rings (SSSR count). The van der Waals surface area contributed by atoms with Gasteiger partial charge in [-0.15, -0.1) is 0 Å². The van der Waals surface area contributed by atoms with Crippen molar-refractivity contribution in [1.29, 1.82) is 0 Å². The van der Waals surface area contributed by atoms with Crippen LogP contribution in [0.3, 0.4) is 0 Å². The maximum Gasteiger partial charge on any atom is 0.288 e. The molecule has 2 heterocycles. The number of nitrogens with zero attached hydrogens (tertiary/aromatic N) is 3. The smallest absolute Gasteiger partial charge is 0.288 e. The van der Waals surface area contributed by atoms with E-state index < -0.39 is 10.8 Å². The van der Waals surface area contributed by atoms with E-state index in [-0.39, 0.29) is 16.8 Å². The summed E-state index contributed by atoms with van der Waals surface area (Å²) in [4.78, 5) is 27.8. The summed E-state index contributed by atoms with van der Waals surface area (Å²) >= 11 is 0. The molecule has 1 aromatic rings. The van der Waals surface area contributed by atoms with Gasteiger partial charge in [0, 0.05) is 31.2 Å². The van der Waals surface area contributed by atoms with Gasteiger partial charge in [0.05, 0.1) is 10.5 Å². The third kappa shape index (κ3) is 2.55. The lowest BCUT2D eigenvalue weighted by molar-refractivity contribution is -0.385. The average molecular weight is 279 g/mol. The van der Waals surface area contributed by atoms with Crippen LogP contribution < -0.4 is 16.0 Å². The zero-order valence-electron chi connectivity index (χ0n) is 11.4. The Bertz CT molecular complexity index is 558. The molecule has 0 saturated carbocycles. The highest BCUT2D eigenvalue weighted by Crippen LogP contribution is 2.28. The van der Waals surface area contributed by atoms with Crippen LogP contribution in [0.4, 0.5) is 11.5 Å². The van der Waals surface area contributed by atoms with Gasteiger partial charge in [-0.25, -0.2) is 4.98 Å². The van der Waals surface area contributed by atoms with E-state index in [0.29, 0.717) is 12.4 Å². The highest BCUT2D eigenvalue weighted by molar-refractivity contribution is 5.98. The van der Waals surface area contributed by atoms with Crippen molar-refractivity contribution in [2.75, 3.05) is 24.5 Å². The van der Waals surface area contributed by atoms with Crippen molar-refractivity contribution in [1.82, 2.24) is 10.3 Å². The minimum atomic E-state index is -0.717. The second-order valence-corrected chi connectivity index (χ2v) is 5.33. The molecule has 1 aliphatic rings. The summed E-state index contributed by atoms with van der Waals surface area (Å²) in [6.45, 7) is 6.14. The molecule has 0 spiro atoms. The standard InChI is InChI=1S/C12H17N5O3/c1-12(2)7-14-3-4-16(12)11-9(10(13)18)5-8(6-15-11)17(19)20/h5-6,14H,3-4,7H2,1-2H3,(H2,13,18). The largest absolute Gasteiger partial charge is 0.365 e. The summed E-state index contributed by atoms with van der Waals surface area (Å²) in [5, 5.41) is 14.0. The predicted molar refractivity (Wildman–Crippen MR) is 73.7 cm³/mol. The van der Waals surface area contributed by atoms with Crippen molar-refractivity contribution in [2.24, 2.45) is 5.73 Å². The lowest BCUT2D eigenvalue weighted by Crippen LogP contribution is -2.58. The van der Waals surface area contributed by atoms with E-state index in [4.69, 9.17) is 5.73 Å². The first-order valence-electron chi connectivity index (χ1n) is 6.25. The number of primary amides is 1. The van der Waals surface area contributed by atoms with Gasteiger partial charge in [-0.2, -0.15) is 0 Å². The molecule has 20 heavy (non-hydrogen) atoms. The summed E-state index contributed by atoms with van der Waals surface area (Å²) in [5.41, 5.74) is 4.91.